The van der Waals surface area contributed by atoms with E-state index >= 15 is 0 Å². The molecular formula is C19H26N4O2. The molecule has 1 heterocycles. The van der Waals surface area contributed by atoms with Gasteiger partial charge in [-0.05, 0) is 23.5 Å². The van der Waals surface area contributed by atoms with Gasteiger partial charge in [-0.15, -0.1) is 0 Å². The number of nitrogens with zero attached hydrogens (tertiary/aromatic N) is 2. The maximum atomic E-state index is 12.0. The van der Waals surface area contributed by atoms with E-state index in [2.05, 4.69) is 47.4 Å². The fourth-order valence-corrected chi connectivity index (χ4v) is 2.40. The molecule has 6 nitrogen and oxygen atoms in total. The van der Waals surface area contributed by atoms with Crippen LogP contribution < -0.4 is 10.6 Å². The van der Waals surface area contributed by atoms with Crippen LogP contribution in [0.15, 0.2) is 36.7 Å². The van der Waals surface area contributed by atoms with Crippen LogP contribution in [0, 0.1) is 0 Å². The van der Waals surface area contributed by atoms with E-state index in [4.69, 9.17) is 4.74 Å². The molecule has 1 aromatic heterocycles. The van der Waals surface area contributed by atoms with Crippen LogP contribution in [0.25, 0.3) is 0 Å². The van der Waals surface area contributed by atoms with Gasteiger partial charge in [-0.1, -0.05) is 39.0 Å². The lowest BCUT2D eigenvalue weighted by atomic mass is 9.86. The number of methoxy groups -OCH3 is 1. The van der Waals surface area contributed by atoms with Crippen molar-refractivity contribution in [3.05, 3.63) is 47.8 Å². The SMILES string of the molecule is COCCCNC(=O)c1cnc(Nc2ccccc2C(C)(C)C)nc1. The average Bonchev–Trinajstić information content (AvgIpc) is 2.59. The number of carbonyl (C=O) groups is 1. The first-order chi connectivity index (χ1) is 11.9. The molecular weight excluding hydrogens is 316 g/mol. The zero-order valence-corrected chi connectivity index (χ0v) is 15.3. The second kappa shape index (κ2) is 8.58. The lowest BCUT2D eigenvalue weighted by Gasteiger charge is -2.22. The summed E-state index contributed by atoms with van der Waals surface area (Å²) in [6.45, 7) is 7.65. The minimum Gasteiger partial charge on any atom is -0.385 e. The molecule has 0 saturated heterocycles. The smallest absolute Gasteiger partial charge is 0.254 e. The van der Waals surface area contributed by atoms with Gasteiger partial charge in [0.15, 0.2) is 0 Å². The third-order valence-electron chi connectivity index (χ3n) is 3.71. The third kappa shape index (κ3) is 5.53. The first-order valence-electron chi connectivity index (χ1n) is 8.37. The van der Waals surface area contributed by atoms with Gasteiger partial charge in [0.1, 0.15) is 0 Å². The van der Waals surface area contributed by atoms with Gasteiger partial charge in [-0.3, -0.25) is 4.79 Å². The highest BCUT2D eigenvalue weighted by atomic mass is 16.5. The number of hydrogen-bond donors (Lipinski definition) is 2. The minimum atomic E-state index is -0.183. The summed E-state index contributed by atoms with van der Waals surface area (Å²) in [6, 6.07) is 8.08. The van der Waals surface area contributed by atoms with Crippen LogP contribution in [0.4, 0.5) is 11.6 Å². The van der Waals surface area contributed by atoms with Crippen molar-refractivity contribution in [2.45, 2.75) is 32.6 Å². The van der Waals surface area contributed by atoms with E-state index in [0.717, 1.165) is 12.1 Å². The van der Waals surface area contributed by atoms with Gasteiger partial charge in [-0.25, -0.2) is 9.97 Å². The number of benzene rings is 1. The largest absolute Gasteiger partial charge is 0.385 e. The Hall–Kier alpha value is -2.47. The van der Waals surface area contributed by atoms with Crippen molar-refractivity contribution in [3.63, 3.8) is 0 Å². The van der Waals surface area contributed by atoms with Gasteiger partial charge >= 0.3 is 0 Å². The molecule has 1 amide bonds. The van der Waals surface area contributed by atoms with Crippen molar-refractivity contribution in [2.24, 2.45) is 0 Å². The number of anilines is 2. The third-order valence-corrected chi connectivity index (χ3v) is 3.71. The van der Waals surface area contributed by atoms with Gasteiger partial charge in [0, 0.05) is 38.3 Å². The summed E-state index contributed by atoms with van der Waals surface area (Å²) in [4.78, 5) is 20.5. The van der Waals surface area contributed by atoms with Gasteiger partial charge in [0.2, 0.25) is 5.95 Å². The first-order valence-corrected chi connectivity index (χ1v) is 8.37. The molecule has 25 heavy (non-hydrogen) atoms. The number of carbonyl (C=O) groups excluding carboxylic acids is 1. The van der Waals surface area contributed by atoms with E-state index in [1.807, 2.05) is 18.2 Å². The Bertz CT molecular complexity index is 693. The highest BCUT2D eigenvalue weighted by Crippen LogP contribution is 2.30. The van der Waals surface area contributed by atoms with Crippen molar-refractivity contribution in [1.82, 2.24) is 15.3 Å². The van der Waals surface area contributed by atoms with E-state index in [1.54, 1.807) is 7.11 Å². The fraction of sp³-hybridized carbons (Fsp3) is 0.421. The second-order valence-electron chi connectivity index (χ2n) is 6.82. The summed E-state index contributed by atoms with van der Waals surface area (Å²) >= 11 is 0. The standard InChI is InChI=1S/C19H26N4O2/c1-19(2,3)15-8-5-6-9-16(15)23-18-21-12-14(13-22-18)17(24)20-10-7-11-25-4/h5-6,8-9,12-13H,7,10-11H2,1-4H3,(H,20,24)(H,21,22,23). The molecule has 0 atom stereocenters. The maximum Gasteiger partial charge on any atom is 0.254 e. The monoisotopic (exact) mass is 342 g/mol. The molecule has 0 spiro atoms. The van der Waals surface area contributed by atoms with Crippen molar-refractivity contribution in [1.29, 1.82) is 0 Å². The summed E-state index contributed by atoms with van der Waals surface area (Å²) < 4.78 is 4.95. The van der Waals surface area contributed by atoms with Crippen LogP contribution in [0.3, 0.4) is 0 Å². The molecule has 2 rings (SSSR count). The minimum absolute atomic E-state index is 0.00558. The zero-order valence-electron chi connectivity index (χ0n) is 15.3. The Labute approximate surface area is 149 Å². The Kier molecular flexibility index (Phi) is 6.47. The molecule has 2 aromatic rings. The number of rotatable bonds is 7. The lowest BCUT2D eigenvalue weighted by molar-refractivity contribution is 0.0948. The Morgan fingerprint density at radius 2 is 1.84 bits per heavy atom. The average molecular weight is 342 g/mol. The lowest BCUT2D eigenvalue weighted by Crippen LogP contribution is -2.25. The summed E-state index contributed by atoms with van der Waals surface area (Å²) in [5, 5.41) is 6.05. The molecule has 0 bridgehead atoms. The summed E-state index contributed by atoms with van der Waals surface area (Å²) in [7, 11) is 1.64. The molecule has 0 radical (unpaired) electrons. The van der Waals surface area contributed by atoms with Crippen LogP contribution in [0.5, 0.6) is 0 Å². The number of hydrogen-bond acceptors (Lipinski definition) is 5. The number of amides is 1. The van der Waals surface area contributed by atoms with Gasteiger partial charge < -0.3 is 15.4 Å². The van der Waals surface area contributed by atoms with Crippen molar-refractivity contribution in [2.75, 3.05) is 25.6 Å². The van der Waals surface area contributed by atoms with Crippen LogP contribution in [-0.4, -0.2) is 36.1 Å². The van der Waals surface area contributed by atoms with E-state index in [0.29, 0.717) is 24.7 Å². The molecule has 0 aliphatic carbocycles. The Balaban J connectivity index is 2.03. The van der Waals surface area contributed by atoms with Crippen LogP contribution in [0.1, 0.15) is 43.1 Å². The number of nitrogens with one attached hydrogen (secondary N) is 2. The second-order valence-corrected chi connectivity index (χ2v) is 6.82. The number of aromatic nitrogens is 2. The fourth-order valence-electron chi connectivity index (χ4n) is 2.40. The summed E-state index contributed by atoms with van der Waals surface area (Å²) in [5.74, 6) is 0.283. The van der Waals surface area contributed by atoms with E-state index < -0.39 is 0 Å². The Morgan fingerprint density at radius 3 is 2.48 bits per heavy atom. The number of ether oxygens (including phenoxy) is 1. The molecule has 1 aromatic carbocycles. The Morgan fingerprint density at radius 1 is 1.16 bits per heavy atom. The summed E-state index contributed by atoms with van der Waals surface area (Å²) in [6.07, 6.45) is 3.83. The molecule has 0 unspecified atom stereocenters. The molecule has 0 fully saturated rings. The highest BCUT2D eigenvalue weighted by Gasteiger charge is 2.18. The maximum absolute atomic E-state index is 12.0. The molecule has 0 saturated carbocycles. The van der Waals surface area contributed by atoms with Crippen LogP contribution in [0.2, 0.25) is 0 Å². The predicted octanol–water partition coefficient (Wildman–Crippen LogP) is 3.28. The normalized spacial score (nSPS) is 11.2. The van der Waals surface area contributed by atoms with E-state index in [1.165, 1.54) is 18.0 Å². The highest BCUT2D eigenvalue weighted by molar-refractivity contribution is 5.93. The van der Waals surface area contributed by atoms with E-state index in [-0.39, 0.29) is 11.3 Å². The topological polar surface area (TPSA) is 76.1 Å². The molecule has 6 heteroatoms. The van der Waals surface area contributed by atoms with Crippen molar-refractivity contribution < 1.29 is 9.53 Å². The summed E-state index contributed by atoms with van der Waals surface area (Å²) in [5.41, 5.74) is 2.59. The van der Waals surface area contributed by atoms with Crippen molar-refractivity contribution in [3.8, 4) is 0 Å². The zero-order chi connectivity index (χ0) is 18.3. The predicted molar refractivity (Wildman–Crippen MR) is 99.3 cm³/mol. The molecule has 134 valence electrons. The van der Waals surface area contributed by atoms with E-state index in [9.17, 15) is 4.79 Å². The molecule has 2 N–H and O–H groups in total. The molecule has 0 aliphatic rings. The van der Waals surface area contributed by atoms with Gasteiger partial charge in [0.25, 0.3) is 5.91 Å². The van der Waals surface area contributed by atoms with Gasteiger partial charge in [-0.2, -0.15) is 0 Å². The van der Waals surface area contributed by atoms with Crippen LogP contribution in [-0.2, 0) is 10.2 Å². The van der Waals surface area contributed by atoms with Crippen LogP contribution >= 0.6 is 0 Å². The quantitative estimate of drug-likeness (QED) is 0.755. The number of para-hydroxylation sites is 1. The van der Waals surface area contributed by atoms with Gasteiger partial charge in [0.05, 0.1) is 5.56 Å². The van der Waals surface area contributed by atoms with Crippen molar-refractivity contribution >= 4 is 17.5 Å². The molecule has 0 aliphatic heterocycles. The first kappa shape index (κ1) is 18.9.